The molecule has 2 aromatic heterocycles. The summed E-state index contributed by atoms with van der Waals surface area (Å²) in [6, 6.07) is 18.9. The number of nitrogens with one attached hydrogen (secondary N) is 1. The quantitative estimate of drug-likeness (QED) is 0.478. The van der Waals surface area contributed by atoms with E-state index in [4.69, 9.17) is 9.15 Å². The van der Waals surface area contributed by atoms with Crippen LogP contribution in [0.3, 0.4) is 0 Å². The molecule has 0 bridgehead atoms. The average Bonchev–Trinajstić information content (AvgIpc) is 3.55. The summed E-state index contributed by atoms with van der Waals surface area (Å²) in [5, 5.41) is 3.70. The highest BCUT2D eigenvalue weighted by Gasteiger charge is 2.35. The summed E-state index contributed by atoms with van der Waals surface area (Å²) in [5.41, 5.74) is 1.70. The number of aromatic nitrogens is 1. The fourth-order valence-corrected chi connectivity index (χ4v) is 4.71. The lowest BCUT2D eigenvalue weighted by atomic mass is 10.1. The number of carbonyl (C=O) groups excluding carboxylic acids is 2. The Hall–Kier alpha value is -3.65. The van der Waals surface area contributed by atoms with Gasteiger partial charge in [0.2, 0.25) is 11.8 Å². The van der Waals surface area contributed by atoms with Crippen molar-refractivity contribution < 1.29 is 18.7 Å². The summed E-state index contributed by atoms with van der Waals surface area (Å²) in [6.07, 6.45) is 0.187. The fraction of sp³-hybridized carbons (Fsp3) is 0.208. The number of thiazole rings is 1. The number of nitrogens with zero attached hydrogens (tertiary/aromatic N) is 2. The van der Waals surface area contributed by atoms with E-state index in [9.17, 15) is 9.59 Å². The predicted molar refractivity (Wildman–Crippen MR) is 123 cm³/mol. The molecule has 4 aromatic rings. The van der Waals surface area contributed by atoms with Crippen molar-refractivity contribution >= 4 is 39.1 Å². The summed E-state index contributed by atoms with van der Waals surface area (Å²) in [6.45, 7) is 0.614. The van der Waals surface area contributed by atoms with E-state index in [2.05, 4.69) is 10.3 Å². The van der Waals surface area contributed by atoms with Gasteiger partial charge in [-0.15, -0.1) is 11.3 Å². The van der Waals surface area contributed by atoms with Gasteiger partial charge in [0.1, 0.15) is 11.5 Å². The van der Waals surface area contributed by atoms with Gasteiger partial charge in [0.05, 0.1) is 29.8 Å². The van der Waals surface area contributed by atoms with Crippen LogP contribution < -0.4 is 15.0 Å². The standard InChI is InChI=1S/C24H21N3O4S/c1-30-17-8-6-16(7-9-17)27-14-15(12-22(27)28)23(29)25-13-18-10-11-20(31-18)24-26-19-4-2-3-5-21(19)32-24/h2-11,15H,12-14H2,1H3,(H,25,29). The Morgan fingerprint density at radius 3 is 2.78 bits per heavy atom. The summed E-state index contributed by atoms with van der Waals surface area (Å²) in [4.78, 5) is 31.4. The minimum absolute atomic E-state index is 0.0635. The van der Waals surface area contributed by atoms with Gasteiger partial charge in [-0.2, -0.15) is 0 Å². The molecule has 1 aliphatic heterocycles. The molecule has 1 aliphatic rings. The maximum atomic E-state index is 12.7. The molecule has 0 radical (unpaired) electrons. The molecule has 32 heavy (non-hydrogen) atoms. The first-order valence-electron chi connectivity index (χ1n) is 10.3. The van der Waals surface area contributed by atoms with Gasteiger partial charge in [0.15, 0.2) is 10.8 Å². The molecule has 5 rings (SSSR count). The Kier molecular flexibility index (Phi) is 5.36. The van der Waals surface area contributed by atoms with Gasteiger partial charge in [-0.1, -0.05) is 12.1 Å². The van der Waals surface area contributed by atoms with E-state index in [1.165, 1.54) is 0 Å². The van der Waals surface area contributed by atoms with Crippen molar-refractivity contribution in [3.63, 3.8) is 0 Å². The van der Waals surface area contributed by atoms with Crippen molar-refractivity contribution in [1.29, 1.82) is 0 Å². The lowest BCUT2D eigenvalue weighted by molar-refractivity contribution is -0.126. The fourth-order valence-electron chi connectivity index (χ4n) is 3.78. The molecule has 7 nitrogen and oxygen atoms in total. The van der Waals surface area contributed by atoms with Crippen molar-refractivity contribution in [2.24, 2.45) is 5.92 Å². The monoisotopic (exact) mass is 447 g/mol. The predicted octanol–water partition coefficient (Wildman–Crippen LogP) is 4.23. The van der Waals surface area contributed by atoms with E-state index in [1.807, 2.05) is 48.5 Å². The van der Waals surface area contributed by atoms with Crippen LogP contribution in [0.5, 0.6) is 5.75 Å². The molecule has 8 heteroatoms. The molecule has 3 heterocycles. The molecular formula is C24H21N3O4S. The van der Waals surface area contributed by atoms with Gasteiger partial charge in [-0.05, 0) is 48.5 Å². The number of furan rings is 1. The Balaban J connectivity index is 1.20. The first-order chi connectivity index (χ1) is 15.6. The molecule has 1 atom stereocenters. The summed E-state index contributed by atoms with van der Waals surface area (Å²) >= 11 is 1.57. The normalized spacial score (nSPS) is 16.0. The van der Waals surface area contributed by atoms with E-state index in [0.717, 1.165) is 26.7 Å². The van der Waals surface area contributed by atoms with E-state index < -0.39 is 5.92 Å². The minimum atomic E-state index is -0.400. The van der Waals surface area contributed by atoms with Crippen LogP contribution in [0.1, 0.15) is 12.2 Å². The number of amides is 2. The van der Waals surface area contributed by atoms with Crippen LogP contribution in [0.15, 0.2) is 65.1 Å². The van der Waals surface area contributed by atoms with Crippen molar-refractivity contribution in [1.82, 2.24) is 10.3 Å². The number of ether oxygens (including phenoxy) is 1. The molecule has 0 saturated carbocycles. The summed E-state index contributed by atoms with van der Waals surface area (Å²) < 4.78 is 12.1. The highest BCUT2D eigenvalue weighted by Crippen LogP contribution is 2.31. The lowest BCUT2D eigenvalue weighted by Crippen LogP contribution is -2.32. The second kappa shape index (κ2) is 8.47. The maximum absolute atomic E-state index is 12.7. The molecule has 1 saturated heterocycles. The van der Waals surface area contributed by atoms with Gasteiger partial charge >= 0.3 is 0 Å². The summed E-state index contributed by atoms with van der Waals surface area (Å²) in [7, 11) is 1.59. The topological polar surface area (TPSA) is 84.7 Å². The van der Waals surface area contributed by atoms with Gasteiger partial charge in [-0.25, -0.2) is 4.98 Å². The Morgan fingerprint density at radius 2 is 2.00 bits per heavy atom. The van der Waals surface area contributed by atoms with Crippen molar-refractivity contribution in [3.05, 3.63) is 66.4 Å². The van der Waals surface area contributed by atoms with Crippen LogP contribution in [0.2, 0.25) is 0 Å². The second-order valence-electron chi connectivity index (χ2n) is 7.57. The van der Waals surface area contributed by atoms with E-state index in [1.54, 1.807) is 35.5 Å². The molecule has 162 valence electrons. The maximum Gasteiger partial charge on any atom is 0.227 e. The van der Waals surface area contributed by atoms with Crippen LogP contribution in [0.25, 0.3) is 21.0 Å². The highest BCUT2D eigenvalue weighted by molar-refractivity contribution is 7.21. The Labute approximate surface area is 188 Å². The minimum Gasteiger partial charge on any atom is -0.497 e. The third kappa shape index (κ3) is 3.97. The van der Waals surface area contributed by atoms with Crippen LogP contribution in [0, 0.1) is 5.92 Å². The number of hydrogen-bond donors (Lipinski definition) is 1. The number of para-hydroxylation sites is 1. The lowest BCUT2D eigenvalue weighted by Gasteiger charge is -2.17. The largest absolute Gasteiger partial charge is 0.497 e. The van der Waals surface area contributed by atoms with Crippen molar-refractivity contribution in [2.75, 3.05) is 18.6 Å². The molecular weight excluding hydrogens is 426 g/mol. The van der Waals surface area contributed by atoms with E-state index in [0.29, 0.717) is 18.1 Å². The molecule has 2 amide bonds. The van der Waals surface area contributed by atoms with Crippen molar-refractivity contribution in [2.45, 2.75) is 13.0 Å². The summed E-state index contributed by atoms with van der Waals surface area (Å²) in [5.74, 6) is 1.42. The number of benzene rings is 2. The van der Waals surface area contributed by atoms with Crippen LogP contribution >= 0.6 is 11.3 Å². The Morgan fingerprint density at radius 1 is 1.19 bits per heavy atom. The molecule has 1 fully saturated rings. The zero-order valence-corrected chi connectivity index (χ0v) is 18.2. The molecule has 0 spiro atoms. The highest BCUT2D eigenvalue weighted by atomic mass is 32.1. The van der Waals surface area contributed by atoms with E-state index in [-0.39, 0.29) is 24.8 Å². The van der Waals surface area contributed by atoms with Gasteiger partial charge in [-0.3, -0.25) is 9.59 Å². The molecule has 2 aromatic carbocycles. The Bertz CT molecular complexity index is 1240. The third-order valence-corrected chi connectivity index (χ3v) is 6.53. The molecule has 1 N–H and O–H groups in total. The second-order valence-corrected chi connectivity index (χ2v) is 8.60. The van der Waals surface area contributed by atoms with Gasteiger partial charge < -0.3 is 19.4 Å². The van der Waals surface area contributed by atoms with Crippen LogP contribution in [-0.2, 0) is 16.1 Å². The average molecular weight is 448 g/mol. The first-order valence-corrected chi connectivity index (χ1v) is 11.1. The zero-order chi connectivity index (χ0) is 22.1. The number of anilines is 1. The van der Waals surface area contributed by atoms with Gasteiger partial charge in [0.25, 0.3) is 0 Å². The first kappa shape index (κ1) is 20.3. The smallest absolute Gasteiger partial charge is 0.227 e. The number of carbonyl (C=O) groups is 2. The third-order valence-electron chi connectivity index (χ3n) is 5.48. The van der Waals surface area contributed by atoms with Crippen LogP contribution in [-0.4, -0.2) is 30.5 Å². The van der Waals surface area contributed by atoms with Gasteiger partial charge in [0, 0.05) is 18.7 Å². The number of methoxy groups -OCH3 is 1. The SMILES string of the molecule is COc1ccc(N2CC(C(=O)NCc3ccc(-c4nc5ccccc5s4)o3)CC2=O)cc1. The number of fused-ring (bicyclic) bond motifs is 1. The van der Waals surface area contributed by atoms with Crippen LogP contribution in [0.4, 0.5) is 5.69 Å². The van der Waals surface area contributed by atoms with Crippen molar-refractivity contribution in [3.8, 4) is 16.5 Å². The number of rotatable bonds is 6. The van der Waals surface area contributed by atoms with E-state index >= 15 is 0 Å². The number of hydrogen-bond acceptors (Lipinski definition) is 6. The molecule has 1 unspecified atom stereocenters. The molecule has 0 aliphatic carbocycles. The zero-order valence-electron chi connectivity index (χ0n) is 17.4.